The van der Waals surface area contributed by atoms with Crippen LogP contribution in [0.3, 0.4) is 0 Å². The second-order valence-electron chi connectivity index (χ2n) is 22.3. The van der Waals surface area contributed by atoms with E-state index in [4.69, 9.17) is 34.4 Å². The summed E-state index contributed by atoms with van der Waals surface area (Å²) in [5.41, 5.74) is 35.2. The molecule has 25 N–H and O–H groups in total. The van der Waals surface area contributed by atoms with Gasteiger partial charge in [0, 0.05) is 25.9 Å². The molecule has 496 valence electrons. The van der Waals surface area contributed by atoms with Gasteiger partial charge in [0.15, 0.2) is 5.96 Å². The van der Waals surface area contributed by atoms with Crippen LogP contribution in [0.1, 0.15) is 130 Å². The molecular weight excluding hydrogens is 1140 g/mol. The van der Waals surface area contributed by atoms with Crippen LogP contribution in [0.2, 0.25) is 0 Å². The van der Waals surface area contributed by atoms with Crippen LogP contribution in [0.5, 0.6) is 0 Å². The summed E-state index contributed by atoms with van der Waals surface area (Å²) in [6, 6.07) is -6.45. The number of aliphatic hydroxyl groups excluding tert-OH is 2. The Labute approximate surface area is 514 Å². The highest BCUT2D eigenvalue weighted by Gasteiger charge is 2.38. The first-order valence-corrected chi connectivity index (χ1v) is 30.4. The predicted octanol–water partition coefficient (Wildman–Crippen LogP) is -5.79. The maximum absolute atomic E-state index is 14.8. The molecule has 0 unspecified atom stereocenters. The van der Waals surface area contributed by atoms with Gasteiger partial charge >= 0.3 is 0 Å². The lowest BCUT2D eigenvalue weighted by molar-refractivity contribution is -0.137. The van der Waals surface area contributed by atoms with E-state index >= 15 is 0 Å². The number of unbranched alkanes of at least 4 members (excludes halogenated alkanes) is 4. The topological polar surface area (TPSA) is 529 Å². The van der Waals surface area contributed by atoms with Gasteiger partial charge < -0.3 is 103 Å². The van der Waals surface area contributed by atoms with Crippen LogP contribution in [0.4, 0.5) is 0 Å². The predicted molar refractivity (Wildman–Crippen MR) is 328 cm³/mol. The van der Waals surface area contributed by atoms with E-state index in [0.717, 1.165) is 25.7 Å². The number of nitrogens with two attached hydrogens (primary N) is 6. The van der Waals surface area contributed by atoms with Crippen molar-refractivity contribution in [1.82, 2.24) is 58.5 Å². The van der Waals surface area contributed by atoms with Crippen molar-refractivity contribution >= 4 is 70.9 Å². The number of nitrogens with zero attached hydrogens (tertiary/aromatic N) is 1. The van der Waals surface area contributed by atoms with E-state index in [1.807, 2.05) is 0 Å². The Morgan fingerprint density at radius 3 is 1.66 bits per heavy atom. The number of guanidine groups is 1. The summed E-state index contributed by atoms with van der Waals surface area (Å²) in [5, 5.41) is 49.9. The molecule has 0 spiro atoms. The molecule has 0 bridgehead atoms. The van der Waals surface area contributed by atoms with Gasteiger partial charge in [-0.1, -0.05) is 76.8 Å². The lowest BCUT2D eigenvalue weighted by atomic mass is 10.00. The smallest absolute Gasteiger partial charge is 0.245 e. The average Bonchev–Trinajstić information content (AvgIpc) is 3.66. The standard InChI is InChI=1S/C57H100N18O13/c1-6-7-8-9-13-18-44(78)66-37(19-24-58)51(83)75-46(34(5)77)56(88)71-39(21-26-60)49(81)70-41-23-29-64-55(87)45(33(4)76)74-52(84)40(22-27-61)68-48(80)38(20-25-59)69-53(85)42(30-32(2)3)72-54(86)43(31-35-15-11-10-12-16-35)73-47(79)36(67-50(41)82)17-14-28-65-57(62)63/h10-12,15-16,32-34,36-43,45-46,76-77H,6-9,13-14,17-31,58-61H2,1-5H3,(H,64,87)(H,66,78)(H,67,82)(H,68,80)(H,69,85)(H,70,81)(H,71,88)(H,72,86)(H,73,79)(H,74,84)(H,75,83)(H4,62,63,65)/t33-,34-,36+,37+,38+,39+,40+,41+,42+,43-,45+,46+/m1/s1. The van der Waals surface area contributed by atoms with Crippen LogP contribution in [0.15, 0.2) is 35.3 Å². The number of hydrogen-bond donors (Lipinski definition) is 19. The van der Waals surface area contributed by atoms with Crippen molar-refractivity contribution in [3.63, 3.8) is 0 Å². The van der Waals surface area contributed by atoms with Crippen molar-refractivity contribution in [1.29, 1.82) is 0 Å². The number of amides is 11. The molecule has 1 aromatic carbocycles. The number of aliphatic hydroxyl groups is 2. The van der Waals surface area contributed by atoms with Crippen LogP contribution in [0.25, 0.3) is 0 Å². The van der Waals surface area contributed by atoms with E-state index < -0.39 is 151 Å². The maximum Gasteiger partial charge on any atom is 0.245 e. The van der Waals surface area contributed by atoms with Crippen LogP contribution < -0.4 is 92.9 Å². The summed E-state index contributed by atoms with van der Waals surface area (Å²) < 4.78 is 0. The average molecular weight is 1250 g/mol. The minimum Gasteiger partial charge on any atom is -0.391 e. The second-order valence-corrected chi connectivity index (χ2v) is 22.3. The Morgan fingerprint density at radius 2 is 1.11 bits per heavy atom. The van der Waals surface area contributed by atoms with Crippen molar-refractivity contribution in [2.24, 2.45) is 45.3 Å². The summed E-state index contributed by atoms with van der Waals surface area (Å²) in [5.74, 6) is -10.4. The highest BCUT2D eigenvalue weighted by molar-refractivity contribution is 5.99. The number of aliphatic imine (C=N–C) groups is 1. The Kier molecular flexibility index (Phi) is 36.1. The number of carbonyl (C=O) groups is 11. The molecule has 0 radical (unpaired) electrons. The van der Waals surface area contributed by atoms with Crippen LogP contribution in [0, 0.1) is 5.92 Å². The first kappa shape index (κ1) is 76.5. The third kappa shape index (κ3) is 28.5. The lowest BCUT2D eigenvalue weighted by Crippen LogP contribution is -2.62. The van der Waals surface area contributed by atoms with E-state index in [1.54, 1.807) is 44.2 Å². The molecule has 1 fully saturated rings. The minimum atomic E-state index is -1.71. The third-order valence-electron chi connectivity index (χ3n) is 14.2. The van der Waals surface area contributed by atoms with Crippen molar-refractivity contribution in [2.75, 3.05) is 39.3 Å². The van der Waals surface area contributed by atoms with Gasteiger partial charge in [-0.05, 0) is 109 Å². The molecule has 0 saturated carbocycles. The summed E-state index contributed by atoms with van der Waals surface area (Å²) in [6.45, 7) is 6.95. The normalized spacial score (nSPS) is 22.0. The molecule has 31 heteroatoms. The summed E-state index contributed by atoms with van der Waals surface area (Å²) in [7, 11) is 0. The van der Waals surface area contributed by atoms with E-state index in [0.29, 0.717) is 12.0 Å². The van der Waals surface area contributed by atoms with Gasteiger partial charge in [0.25, 0.3) is 0 Å². The molecule has 1 aliphatic heterocycles. The van der Waals surface area contributed by atoms with E-state index in [1.165, 1.54) is 13.8 Å². The molecule has 12 atom stereocenters. The quantitative estimate of drug-likeness (QED) is 0.0187. The molecule has 1 saturated heterocycles. The van der Waals surface area contributed by atoms with Crippen molar-refractivity contribution in [3.8, 4) is 0 Å². The highest BCUT2D eigenvalue weighted by Crippen LogP contribution is 2.13. The lowest BCUT2D eigenvalue weighted by Gasteiger charge is -2.29. The zero-order valence-corrected chi connectivity index (χ0v) is 51.5. The van der Waals surface area contributed by atoms with E-state index in [2.05, 4.69) is 70.4 Å². The third-order valence-corrected chi connectivity index (χ3v) is 14.2. The van der Waals surface area contributed by atoms with Crippen molar-refractivity contribution in [3.05, 3.63) is 35.9 Å². The number of carbonyl (C=O) groups excluding carboxylic acids is 11. The van der Waals surface area contributed by atoms with Gasteiger partial charge in [0.1, 0.15) is 60.4 Å². The molecule has 1 aromatic rings. The maximum atomic E-state index is 14.8. The fourth-order valence-corrected chi connectivity index (χ4v) is 9.36. The number of nitrogens with one attached hydrogen (secondary N) is 11. The van der Waals surface area contributed by atoms with Crippen LogP contribution >= 0.6 is 0 Å². The monoisotopic (exact) mass is 1240 g/mol. The van der Waals surface area contributed by atoms with Gasteiger partial charge in [-0.25, -0.2) is 0 Å². The van der Waals surface area contributed by atoms with Gasteiger partial charge in [-0.2, -0.15) is 0 Å². The Balaban J connectivity index is 2.78. The van der Waals surface area contributed by atoms with E-state index in [9.17, 15) is 63.0 Å². The van der Waals surface area contributed by atoms with E-state index in [-0.39, 0.29) is 102 Å². The molecule has 1 aliphatic rings. The number of benzene rings is 1. The van der Waals surface area contributed by atoms with Gasteiger partial charge in [-0.15, -0.1) is 0 Å². The number of hydrogen-bond acceptors (Lipinski definition) is 18. The largest absolute Gasteiger partial charge is 0.391 e. The Hall–Kier alpha value is -7.58. The summed E-state index contributed by atoms with van der Waals surface area (Å²) in [4.78, 5) is 159. The molecule has 2 rings (SSSR count). The first-order chi connectivity index (χ1) is 41.8. The SMILES string of the molecule is CCCCCCCC(=O)N[C@@H](CCN)C(=O)N[C@H](C(=O)N[C@@H](CCN)C(=O)N[C@H]1CCNC(=O)[C@H]([C@@H](C)O)NC(=O)[C@H](CCN)NC(=O)[C@H](CCN)NC(=O)[C@H](CC(C)C)NC(=O)[C@@H](Cc2ccccc2)NC(=O)[C@H](CCCN=C(N)N)NC1=O)[C@@H](C)O. The number of rotatable bonds is 31. The first-order valence-electron chi connectivity index (χ1n) is 30.4. The van der Waals surface area contributed by atoms with Crippen LogP contribution in [-0.2, 0) is 59.2 Å². The molecule has 0 aromatic heterocycles. The Bertz CT molecular complexity index is 2430. The zero-order valence-electron chi connectivity index (χ0n) is 51.5. The van der Waals surface area contributed by atoms with Gasteiger partial charge in [-0.3, -0.25) is 57.7 Å². The Morgan fingerprint density at radius 1 is 0.591 bits per heavy atom. The summed E-state index contributed by atoms with van der Waals surface area (Å²) in [6.07, 6.45) is -0.0549. The molecule has 0 aliphatic carbocycles. The minimum absolute atomic E-state index is 0.0233. The fourth-order valence-electron chi connectivity index (χ4n) is 9.36. The molecule has 31 nitrogen and oxygen atoms in total. The fraction of sp³-hybridized carbons (Fsp3) is 0.684. The van der Waals surface area contributed by atoms with Crippen molar-refractivity contribution in [2.45, 2.75) is 204 Å². The molecule has 11 amide bonds. The van der Waals surface area contributed by atoms with Gasteiger partial charge in [0.2, 0.25) is 65.0 Å². The van der Waals surface area contributed by atoms with Crippen LogP contribution in [-0.4, -0.2) is 193 Å². The van der Waals surface area contributed by atoms with Gasteiger partial charge in [0.05, 0.1) is 12.2 Å². The molecular formula is C57H100N18O13. The summed E-state index contributed by atoms with van der Waals surface area (Å²) >= 11 is 0. The van der Waals surface area contributed by atoms with Crippen molar-refractivity contribution < 1.29 is 63.0 Å². The highest BCUT2D eigenvalue weighted by atomic mass is 16.3. The molecule has 1 heterocycles. The zero-order chi connectivity index (χ0) is 65.9. The molecule has 88 heavy (non-hydrogen) atoms. The second kappa shape index (κ2) is 41.5.